The van der Waals surface area contributed by atoms with Crippen molar-refractivity contribution in [2.45, 2.75) is 56.6 Å². The van der Waals surface area contributed by atoms with Crippen LogP contribution < -0.4 is 5.32 Å². The van der Waals surface area contributed by atoms with E-state index in [1.54, 1.807) is 0 Å². The monoisotopic (exact) mass is 199 g/mol. The van der Waals surface area contributed by atoms with Crippen molar-refractivity contribution in [1.82, 2.24) is 5.32 Å². The van der Waals surface area contributed by atoms with Crippen LogP contribution in [0.1, 0.15) is 46.5 Å². The summed E-state index contributed by atoms with van der Waals surface area (Å²) in [5.74, 6) is 0. The summed E-state index contributed by atoms with van der Waals surface area (Å²) in [4.78, 5) is 0.467. The second-order valence-corrected chi connectivity index (χ2v) is 7.29. The molecule has 1 aliphatic carbocycles. The highest BCUT2D eigenvalue weighted by atomic mass is 32.2. The highest BCUT2D eigenvalue weighted by Gasteiger charge is 2.42. The largest absolute Gasteiger partial charge is 0.302 e. The first kappa shape index (κ1) is 9.85. The summed E-state index contributed by atoms with van der Waals surface area (Å²) in [7, 11) is 0. The molecule has 0 aromatic heterocycles. The Hall–Kier alpha value is 0.310. The Balaban J connectivity index is 1.97. The minimum Gasteiger partial charge on any atom is -0.302 e. The fourth-order valence-corrected chi connectivity index (χ4v) is 3.97. The van der Waals surface area contributed by atoms with E-state index in [2.05, 4.69) is 37.8 Å². The molecule has 1 spiro atoms. The maximum absolute atomic E-state index is 3.72. The molecule has 1 heterocycles. The lowest BCUT2D eigenvalue weighted by Crippen LogP contribution is -2.42. The Labute approximate surface area is 86.0 Å². The fourth-order valence-electron chi connectivity index (χ4n) is 2.42. The predicted octanol–water partition coefficient (Wildman–Crippen LogP) is 3.01. The molecular weight excluding hydrogens is 178 g/mol. The molecular formula is C11H21NS. The quantitative estimate of drug-likeness (QED) is 0.643. The molecule has 76 valence electrons. The average Bonchev–Trinajstić information content (AvgIpc) is 2.41. The second-order valence-electron chi connectivity index (χ2n) is 5.47. The van der Waals surface area contributed by atoms with Gasteiger partial charge in [0.15, 0.2) is 0 Å². The molecule has 2 rings (SSSR count). The van der Waals surface area contributed by atoms with Crippen LogP contribution in [0.25, 0.3) is 0 Å². The van der Waals surface area contributed by atoms with Gasteiger partial charge in [0.05, 0.1) is 4.87 Å². The number of nitrogens with one attached hydrogen (secondary N) is 1. The summed E-state index contributed by atoms with van der Waals surface area (Å²) in [6.07, 6.45) is 5.52. The average molecular weight is 199 g/mol. The molecule has 1 aliphatic heterocycles. The molecule has 0 radical (unpaired) electrons. The van der Waals surface area contributed by atoms with E-state index in [1.807, 2.05) is 0 Å². The van der Waals surface area contributed by atoms with Crippen LogP contribution in [0.4, 0.5) is 0 Å². The van der Waals surface area contributed by atoms with Gasteiger partial charge in [0.1, 0.15) is 0 Å². The molecule has 13 heavy (non-hydrogen) atoms. The zero-order valence-corrected chi connectivity index (χ0v) is 9.84. The zero-order valence-electron chi connectivity index (χ0n) is 9.02. The molecule has 0 bridgehead atoms. The van der Waals surface area contributed by atoms with Gasteiger partial charge in [0.25, 0.3) is 0 Å². The minimum atomic E-state index is 0.467. The first-order valence-electron chi connectivity index (χ1n) is 5.44. The van der Waals surface area contributed by atoms with Crippen molar-refractivity contribution in [3.8, 4) is 0 Å². The molecule has 1 nitrogen and oxygen atoms in total. The Morgan fingerprint density at radius 2 is 1.77 bits per heavy atom. The summed E-state index contributed by atoms with van der Waals surface area (Å²) < 4.78 is 0. The van der Waals surface area contributed by atoms with Gasteiger partial charge in [-0.1, -0.05) is 20.8 Å². The Morgan fingerprint density at radius 1 is 1.15 bits per heavy atom. The van der Waals surface area contributed by atoms with Crippen molar-refractivity contribution in [1.29, 1.82) is 0 Å². The fraction of sp³-hybridized carbons (Fsp3) is 1.00. The van der Waals surface area contributed by atoms with Gasteiger partial charge in [0, 0.05) is 11.8 Å². The van der Waals surface area contributed by atoms with Gasteiger partial charge in [-0.15, -0.1) is 11.8 Å². The molecule has 1 saturated heterocycles. The predicted molar refractivity (Wildman–Crippen MR) is 60.0 cm³/mol. The van der Waals surface area contributed by atoms with E-state index in [0.29, 0.717) is 10.3 Å². The number of rotatable bonds is 0. The second kappa shape index (κ2) is 3.16. The van der Waals surface area contributed by atoms with Gasteiger partial charge in [-0.05, 0) is 31.1 Å². The topological polar surface area (TPSA) is 12.0 Å². The maximum Gasteiger partial charge on any atom is 0.0649 e. The summed E-state index contributed by atoms with van der Waals surface area (Å²) in [6, 6.07) is 0. The van der Waals surface area contributed by atoms with E-state index in [1.165, 1.54) is 32.2 Å². The van der Waals surface area contributed by atoms with Crippen LogP contribution in [0.5, 0.6) is 0 Å². The number of hydrogen-bond donors (Lipinski definition) is 1. The first-order valence-corrected chi connectivity index (χ1v) is 6.32. The molecule has 1 saturated carbocycles. The van der Waals surface area contributed by atoms with E-state index in [0.717, 1.165) is 5.25 Å². The van der Waals surface area contributed by atoms with Gasteiger partial charge in [-0.25, -0.2) is 0 Å². The first-order chi connectivity index (χ1) is 6.02. The lowest BCUT2D eigenvalue weighted by Gasteiger charge is -2.41. The summed E-state index contributed by atoms with van der Waals surface area (Å²) in [5.41, 5.74) is 0.597. The molecule has 0 aromatic rings. The van der Waals surface area contributed by atoms with Crippen LogP contribution >= 0.6 is 11.8 Å². The van der Waals surface area contributed by atoms with E-state index >= 15 is 0 Å². The maximum atomic E-state index is 3.72. The van der Waals surface area contributed by atoms with Crippen molar-refractivity contribution in [3.63, 3.8) is 0 Å². The van der Waals surface area contributed by atoms with Gasteiger partial charge in [0.2, 0.25) is 0 Å². The van der Waals surface area contributed by atoms with Crippen LogP contribution in [-0.4, -0.2) is 16.7 Å². The zero-order chi connectivity index (χ0) is 9.53. The smallest absolute Gasteiger partial charge is 0.0649 e. The van der Waals surface area contributed by atoms with Crippen molar-refractivity contribution < 1.29 is 0 Å². The van der Waals surface area contributed by atoms with Crippen LogP contribution in [-0.2, 0) is 0 Å². The van der Waals surface area contributed by atoms with Gasteiger partial charge < -0.3 is 5.32 Å². The summed E-state index contributed by atoms with van der Waals surface area (Å²) in [6.45, 7) is 8.36. The van der Waals surface area contributed by atoms with Crippen LogP contribution in [0.3, 0.4) is 0 Å². The molecule has 1 atom stereocenters. The Bertz CT molecular complexity index is 190. The summed E-state index contributed by atoms with van der Waals surface area (Å²) in [5, 5.41) is 4.54. The molecule has 2 heteroatoms. The van der Waals surface area contributed by atoms with Crippen LogP contribution in [0.15, 0.2) is 0 Å². The van der Waals surface area contributed by atoms with Crippen molar-refractivity contribution in [2.24, 2.45) is 5.41 Å². The van der Waals surface area contributed by atoms with Crippen LogP contribution in [0.2, 0.25) is 0 Å². The highest BCUT2D eigenvalue weighted by molar-refractivity contribution is 8.01. The SMILES string of the molecule is CC1CNC2(CCC(C)(C)CC2)S1. The summed E-state index contributed by atoms with van der Waals surface area (Å²) >= 11 is 2.18. The third-order valence-electron chi connectivity index (χ3n) is 3.55. The van der Waals surface area contributed by atoms with Crippen molar-refractivity contribution >= 4 is 11.8 Å². The third-order valence-corrected chi connectivity index (χ3v) is 5.12. The van der Waals surface area contributed by atoms with Crippen molar-refractivity contribution in [2.75, 3.05) is 6.54 Å². The number of thioether (sulfide) groups is 1. The third kappa shape index (κ3) is 2.04. The Kier molecular flexibility index (Phi) is 2.40. The van der Waals surface area contributed by atoms with E-state index in [-0.39, 0.29) is 0 Å². The van der Waals surface area contributed by atoms with E-state index in [4.69, 9.17) is 0 Å². The Morgan fingerprint density at radius 3 is 2.23 bits per heavy atom. The molecule has 1 N–H and O–H groups in total. The standard InChI is InChI=1S/C11H21NS/c1-9-8-12-11(13-9)6-4-10(2,3)5-7-11/h9,12H,4-8H2,1-3H3. The lowest BCUT2D eigenvalue weighted by molar-refractivity contribution is 0.196. The molecule has 2 aliphatic rings. The highest BCUT2D eigenvalue weighted by Crippen LogP contribution is 2.48. The molecule has 0 amide bonds. The molecule has 0 aromatic carbocycles. The van der Waals surface area contributed by atoms with E-state index < -0.39 is 0 Å². The van der Waals surface area contributed by atoms with Crippen molar-refractivity contribution in [3.05, 3.63) is 0 Å². The molecule has 2 fully saturated rings. The molecule has 1 unspecified atom stereocenters. The minimum absolute atomic E-state index is 0.467. The normalized spacial score (nSPS) is 36.7. The van der Waals surface area contributed by atoms with Gasteiger partial charge in [-0.2, -0.15) is 0 Å². The van der Waals surface area contributed by atoms with E-state index in [9.17, 15) is 0 Å². The number of hydrogen-bond acceptors (Lipinski definition) is 2. The van der Waals surface area contributed by atoms with Gasteiger partial charge in [-0.3, -0.25) is 0 Å². The van der Waals surface area contributed by atoms with Crippen LogP contribution in [0, 0.1) is 5.41 Å². The lowest BCUT2D eigenvalue weighted by atomic mass is 9.75. The van der Waals surface area contributed by atoms with Gasteiger partial charge >= 0.3 is 0 Å².